The number of benzene rings is 2. The van der Waals surface area contributed by atoms with Crippen LogP contribution in [0.4, 0.5) is 39.5 Å². The molecule has 37 heavy (non-hydrogen) atoms. The molecule has 0 radical (unpaired) electrons. The van der Waals surface area contributed by atoms with E-state index in [-0.39, 0.29) is 27.9 Å². The van der Waals surface area contributed by atoms with E-state index in [0.717, 1.165) is 24.8 Å². The minimum atomic E-state index is -6.10. The first kappa shape index (κ1) is 26.6. The van der Waals surface area contributed by atoms with Crippen molar-refractivity contribution in [3.05, 3.63) is 89.3 Å². The van der Waals surface area contributed by atoms with Crippen molar-refractivity contribution in [2.75, 3.05) is 0 Å². The second kappa shape index (κ2) is 8.27. The lowest BCUT2D eigenvalue weighted by molar-refractivity contribution is -0.376. The standard InChI is InChI=1S/C24H17F9N2O2/c1-13-9-14-10-15(21(36,23(28,29)30)24(31,32)33)7-8-18(14)35(13)20(2,19-11-37-12-34-19)16-5-3-4-6-17(16)22(25,26)27/h3-12,36H,1-2H3. The van der Waals surface area contributed by atoms with Crippen molar-refractivity contribution in [3.8, 4) is 0 Å². The van der Waals surface area contributed by atoms with Crippen molar-refractivity contribution in [2.24, 2.45) is 0 Å². The van der Waals surface area contributed by atoms with Gasteiger partial charge in [0.1, 0.15) is 17.5 Å². The molecule has 0 aliphatic carbocycles. The first-order chi connectivity index (χ1) is 16.9. The van der Waals surface area contributed by atoms with Gasteiger partial charge < -0.3 is 14.1 Å². The van der Waals surface area contributed by atoms with Crippen LogP contribution in [0.2, 0.25) is 0 Å². The van der Waals surface area contributed by atoms with E-state index in [0.29, 0.717) is 12.1 Å². The Morgan fingerprint density at radius 3 is 1.95 bits per heavy atom. The van der Waals surface area contributed by atoms with Gasteiger partial charge in [-0.15, -0.1) is 0 Å². The van der Waals surface area contributed by atoms with Crippen molar-refractivity contribution >= 4 is 10.9 Å². The zero-order chi connectivity index (χ0) is 27.6. The molecule has 0 amide bonds. The van der Waals surface area contributed by atoms with Crippen LogP contribution in [0.15, 0.2) is 65.6 Å². The first-order valence-corrected chi connectivity index (χ1v) is 10.5. The molecular weight excluding hydrogens is 519 g/mol. The molecule has 1 atom stereocenters. The Hall–Kier alpha value is -3.48. The van der Waals surface area contributed by atoms with Crippen LogP contribution in [0.3, 0.4) is 0 Å². The lowest BCUT2D eigenvalue weighted by atomic mass is 9.84. The summed E-state index contributed by atoms with van der Waals surface area (Å²) >= 11 is 0. The van der Waals surface area contributed by atoms with E-state index in [2.05, 4.69) is 4.98 Å². The van der Waals surface area contributed by atoms with E-state index in [1.807, 2.05) is 0 Å². The fourth-order valence-electron chi connectivity index (χ4n) is 4.64. The fourth-order valence-corrected chi connectivity index (χ4v) is 4.64. The Balaban J connectivity index is 2.05. The Kier molecular flexibility index (Phi) is 5.94. The van der Waals surface area contributed by atoms with Crippen LogP contribution < -0.4 is 0 Å². The average Bonchev–Trinajstić information content (AvgIpc) is 3.43. The molecule has 0 fully saturated rings. The number of alkyl halides is 9. The molecule has 2 heterocycles. The van der Waals surface area contributed by atoms with E-state index in [1.165, 1.54) is 42.7 Å². The minimum Gasteiger partial charge on any atom is -0.451 e. The number of aryl methyl sites for hydroxylation is 1. The highest BCUT2D eigenvalue weighted by atomic mass is 19.4. The van der Waals surface area contributed by atoms with Crippen LogP contribution in [0, 0.1) is 6.92 Å². The molecule has 0 spiro atoms. The van der Waals surface area contributed by atoms with Crippen molar-refractivity contribution in [1.82, 2.24) is 9.55 Å². The van der Waals surface area contributed by atoms with Crippen LogP contribution in [0.5, 0.6) is 0 Å². The highest BCUT2D eigenvalue weighted by molar-refractivity contribution is 5.83. The van der Waals surface area contributed by atoms with E-state index in [9.17, 15) is 44.6 Å². The number of hydrogen-bond donors (Lipinski definition) is 1. The number of oxazole rings is 1. The van der Waals surface area contributed by atoms with Crippen LogP contribution in [0.25, 0.3) is 10.9 Å². The van der Waals surface area contributed by atoms with E-state index in [1.54, 1.807) is 0 Å². The van der Waals surface area contributed by atoms with Crippen LogP contribution in [0.1, 0.15) is 35.0 Å². The van der Waals surface area contributed by atoms with Crippen LogP contribution in [-0.4, -0.2) is 27.0 Å². The van der Waals surface area contributed by atoms with Crippen molar-refractivity contribution in [3.63, 3.8) is 0 Å². The van der Waals surface area contributed by atoms with Gasteiger partial charge in [0.15, 0.2) is 6.39 Å². The molecule has 0 saturated carbocycles. The second-order valence-electron chi connectivity index (χ2n) is 8.59. The fraction of sp³-hybridized carbons (Fsp3) is 0.292. The number of aliphatic hydroxyl groups is 1. The largest absolute Gasteiger partial charge is 0.451 e. The number of nitrogens with zero attached hydrogens (tertiary/aromatic N) is 2. The maximum absolute atomic E-state index is 14.0. The van der Waals surface area contributed by atoms with Crippen molar-refractivity contribution in [2.45, 2.75) is 43.5 Å². The smallest absolute Gasteiger partial charge is 0.430 e. The van der Waals surface area contributed by atoms with E-state index >= 15 is 0 Å². The summed E-state index contributed by atoms with van der Waals surface area (Å²) in [6.45, 7) is 2.80. The SMILES string of the molecule is Cc1cc2cc(C(O)(C(F)(F)F)C(F)(F)F)ccc2n1C(C)(c1cocn1)c1ccccc1C(F)(F)F. The molecule has 2 aromatic carbocycles. The molecule has 0 saturated heterocycles. The minimum absolute atomic E-state index is 0.00374. The van der Waals surface area contributed by atoms with Gasteiger partial charge in [0.25, 0.3) is 5.60 Å². The Morgan fingerprint density at radius 1 is 0.838 bits per heavy atom. The summed E-state index contributed by atoms with van der Waals surface area (Å²) in [7, 11) is 0. The Morgan fingerprint density at radius 2 is 1.43 bits per heavy atom. The molecule has 2 aromatic heterocycles. The molecule has 0 bridgehead atoms. The number of fused-ring (bicyclic) bond motifs is 1. The molecule has 13 heteroatoms. The summed E-state index contributed by atoms with van der Waals surface area (Å²) in [5.41, 5.74) is -9.55. The highest BCUT2D eigenvalue weighted by Crippen LogP contribution is 2.51. The molecule has 0 aliphatic heterocycles. The second-order valence-corrected chi connectivity index (χ2v) is 8.59. The van der Waals surface area contributed by atoms with E-state index < -0.39 is 40.8 Å². The van der Waals surface area contributed by atoms with Crippen LogP contribution >= 0.6 is 0 Å². The average molecular weight is 536 g/mol. The van der Waals surface area contributed by atoms with Gasteiger partial charge in [-0.25, -0.2) is 4.98 Å². The molecule has 4 rings (SSSR count). The third-order valence-electron chi connectivity index (χ3n) is 6.36. The van der Waals surface area contributed by atoms with Gasteiger partial charge in [0.2, 0.25) is 0 Å². The molecule has 4 nitrogen and oxygen atoms in total. The highest BCUT2D eigenvalue weighted by Gasteiger charge is 2.71. The summed E-state index contributed by atoms with van der Waals surface area (Å²) in [5, 5.41) is 9.62. The molecule has 0 aliphatic rings. The third-order valence-corrected chi connectivity index (χ3v) is 6.36. The Bertz CT molecular complexity index is 1420. The number of halogens is 9. The van der Waals surface area contributed by atoms with Crippen molar-refractivity contribution in [1.29, 1.82) is 0 Å². The predicted molar refractivity (Wildman–Crippen MR) is 112 cm³/mol. The van der Waals surface area contributed by atoms with Gasteiger partial charge >= 0.3 is 18.5 Å². The predicted octanol–water partition coefficient (Wildman–Crippen LogP) is 7.08. The quantitative estimate of drug-likeness (QED) is 0.284. The number of rotatable bonds is 4. The first-order valence-electron chi connectivity index (χ1n) is 10.5. The van der Waals surface area contributed by atoms with Gasteiger partial charge in [0, 0.05) is 22.2 Å². The zero-order valence-electron chi connectivity index (χ0n) is 18.9. The lowest BCUT2D eigenvalue weighted by Crippen LogP contribution is -2.53. The van der Waals surface area contributed by atoms with Crippen molar-refractivity contribution < 1.29 is 49.0 Å². The topological polar surface area (TPSA) is 51.2 Å². The number of hydrogen-bond acceptors (Lipinski definition) is 3. The molecule has 198 valence electrons. The van der Waals surface area contributed by atoms with Crippen LogP contribution in [-0.2, 0) is 17.3 Å². The van der Waals surface area contributed by atoms with Gasteiger partial charge in [-0.05, 0) is 43.7 Å². The van der Waals surface area contributed by atoms with Gasteiger partial charge in [-0.3, -0.25) is 0 Å². The maximum Gasteiger partial charge on any atom is 0.430 e. The monoisotopic (exact) mass is 536 g/mol. The summed E-state index contributed by atoms with van der Waals surface area (Å²) in [5.74, 6) is 0. The Labute approximate surface area is 202 Å². The van der Waals surface area contributed by atoms with Gasteiger partial charge in [0.05, 0.1) is 5.56 Å². The number of aromatic nitrogens is 2. The summed E-state index contributed by atoms with van der Waals surface area (Å²) in [6, 6.07) is 7.63. The maximum atomic E-state index is 14.0. The van der Waals surface area contributed by atoms with Gasteiger partial charge in [-0.2, -0.15) is 39.5 Å². The molecule has 4 aromatic rings. The summed E-state index contributed by atoms with van der Waals surface area (Å²) in [4.78, 5) is 4.02. The molecule has 1 unspecified atom stereocenters. The third kappa shape index (κ3) is 3.95. The van der Waals surface area contributed by atoms with E-state index in [4.69, 9.17) is 4.42 Å². The normalized spacial score (nSPS) is 15.2. The zero-order valence-corrected chi connectivity index (χ0v) is 18.9. The summed E-state index contributed by atoms with van der Waals surface area (Å²) < 4.78 is 129. The molecular formula is C24H17F9N2O2. The van der Waals surface area contributed by atoms with Gasteiger partial charge in [-0.1, -0.05) is 24.3 Å². The lowest BCUT2D eigenvalue weighted by Gasteiger charge is -2.35. The summed E-state index contributed by atoms with van der Waals surface area (Å²) in [6.07, 6.45) is -14.9. The molecule has 1 N–H and O–H groups in total.